The van der Waals surface area contributed by atoms with Gasteiger partial charge in [-0.1, -0.05) is 0 Å². The van der Waals surface area contributed by atoms with E-state index < -0.39 is 17.8 Å². The molecule has 1 aromatic carbocycles. The number of rotatable bonds is 8. The molecule has 1 unspecified atom stereocenters. The fraction of sp³-hybridized carbons (Fsp3) is 0.481. The number of aliphatic hydroxyl groups excluding tert-OH is 1. The van der Waals surface area contributed by atoms with Crippen LogP contribution in [0.4, 0.5) is 10.3 Å². The lowest BCUT2D eigenvalue weighted by Crippen LogP contribution is -2.49. The number of nitrogens with zero attached hydrogens (tertiary/aromatic N) is 5. The predicted molar refractivity (Wildman–Crippen MR) is 142 cm³/mol. The molecule has 0 radical (unpaired) electrons. The Bertz CT molecular complexity index is 1290. The molecular weight excluding hydrogens is 505 g/mol. The summed E-state index contributed by atoms with van der Waals surface area (Å²) in [6, 6.07) is 7.82. The minimum Gasteiger partial charge on any atom is -0.391 e. The Hall–Kier alpha value is -3.45. The minimum absolute atomic E-state index is 0.0973. The van der Waals surface area contributed by atoms with Gasteiger partial charge in [-0.25, -0.2) is 19.3 Å². The number of anilines is 1. The molecule has 2 fully saturated rings. The molecule has 3 N–H and O–H groups in total. The van der Waals surface area contributed by atoms with Crippen molar-refractivity contribution in [3.8, 4) is 22.6 Å². The second kappa shape index (κ2) is 11.3. The molecule has 5 rings (SSSR count). The van der Waals surface area contributed by atoms with Crippen LogP contribution in [0.1, 0.15) is 25.5 Å². The van der Waals surface area contributed by atoms with Gasteiger partial charge in [-0.05, 0) is 57.8 Å². The Balaban J connectivity index is 1.39. The molecule has 2 aliphatic heterocycles. The first-order valence-electron chi connectivity index (χ1n) is 13.0. The summed E-state index contributed by atoms with van der Waals surface area (Å²) in [5.74, 6) is 0.442. The molecule has 12 heteroatoms. The number of likely N-dealkylation sites (tertiary alicyclic amines) is 1. The molecule has 0 aliphatic carbocycles. The monoisotopic (exact) mass is 539 g/mol. The van der Waals surface area contributed by atoms with Crippen LogP contribution in [0, 0.1) is 11.2 Å². The van der Waals surface area contributed by atoms with Gasteiger partial charge in [-0.15, -0.1) is 0 Å². The molecule has 39 heavy (non-hydrogen) atoms. The number of hydrogen-bond acceptors (Lipinski definition) is 9. The van der Waals surface area contributed by atoms with Crippen molar-refractivity contribution in [2.24, 2.45) is 5.41 Å². The number of nitrogens with one attached hydrogen (secondary N) is 2. The maximum absolute atomic E-state index is 13.7. The van der Waals surface area contributed by atoms with Crippen molar-refractivity contribution in [2.45, 2.75) is 25.7 Å². The highest BCUT2D eigenvalue weighted by Crippen LogP contribution is 2.36. The number of H-pyrrole nitrogens is 1. The molecule has 11 nitrogen and oxygen atoms in total. The zero-order valence-electron chi connectivity index (χ0n) is 22.4. The normalized spacial score (nSPS) is 23.4. The molecule has 1 amide bonds. The molecule has 4 heterocycles. The molecule has 1 atom stereocenters. The van der Waals surface area contributed by atoms with Gasteiger partial charge < -0.3 is 34.7 Å². The van der Waals surface area contributed by atoms with Gasteiger partial charge in [-0.3, -0.25) is 4.79 Å². The molecule has 0 bridgehead atoms. The lowest BCUT2D eigenvalue weighted by molar-refractivity contribution is -0.234. The summed E-state index contributed by atoms with van der Waals surface area (Å²) in [6.45, 7) is 4.42. The van der Waals surface area contributed by atoms with Gasteiger partial charge in [0.1, 0.15) is 5.82 Å². The second-order valence-corrected chi connectivity index (χ2v) is 10.6. The van der Waals surface area contributed by atoms with Crippen molar-refractivity contribution in [1.82, 2.24) is 29.7 Å². The Morgan fingerprint density at radius 3 is 2.64 bits per heavy atom. The number of aliphatic hydroxyl groups is 1. The van der Waals surface area contributed by atoms with Crippen molar-refractivity contribution in [3.05, 3.63) is 48.2 Å². The van der Waals surface area contributed by atoms with E-state index in [2.05, 4.69) is 25.2 Å². The van der Waals surface area contributed by atoms with Crippen LogP contribution in [0.25, 0.3) is 22.6 Å². The number of amides is 1. The van der Waals surface area contributed by atoms with Gasteiger partial charge in [0.25, 0.3) is 0 Å². The number of β-amino-alcohol motifs (C(OH)–C–C–N with tert-alkyl or cyclic N) is 1. The van der Waals surface area contributed by atoms with Crippen molar-refractivity contribution >= 4 is 11.9 Å². The van der Waals surface area contributed by atoms with Crippen LogP contribution in [0.2, 0.25) is 0 Å². The number of ether oxygens (including phenoxy) is 2. The number of likely N-dealkylation sites (N-methyl/N-ethyl adjacent to an activating group) is 1. The maximum atomic E-state index is 13.7. The molecule has 208 valence electrons. The van der Waals surface area contributed by atoms with Gasteiger partial charge in [0.2, 0.25) is 18.1 Å². The SMILES string of the molecule is CN(C)CCNc1nccc(-c2[nH]c(C3OCC(C)(C(=O)N4CCC(O)C4)CO3)nc2-c2ccc(F)cc2)n1. The van der Waals surface area contributed by atoms with E-state index in [0.717, 1.165) is 6.54 Å². The van der Waals surface area contributed by atoms with E-state index in [0.29, 0.717) is 60.5 Å². The lowest BCUT2D eigenvalue weighted by atomic mass is 9.90. The Morgan fingerprint density at radius 1 is 1.23 bits per heavy atom. The number of hydrogen-bond donors (Lipinski definition) is 3. The van der Waals surface area contributed by atoms with Crippen LogP contribution < -0.4 is 5.32 Å². The summed E-state index contributed by atoms with van der Waals surface area (Å²) in [7, 11) is 3.98. The summed E-state index contributed by atoms with van der Waals surface area (Å²) < 4.78 is 25.7. The summed E-state index contributed by atoms with van der Waals surface area (Å²) in [6.07, 6.45) is 0.911. The zero-order valence-corrected chi connectivity index (χ0v) is 22.4. The smallest absolute Gasteiger partial charge is 0.233 e. The van der Waals surface area contributed by atoms with Crippen molar-refractivity contribution in [3.63, 3.8) is 0 Å². The first-order chi connectivity index (χ1) is 18.7. The highest BCUT2D eigenvalue weighted by Gasteiger charge is 2.44. The van der Waals surface area contributed by atoms with Crippen LogP contribution in [0.5, 0.6) is 0 Å². The first kappa shape index (κ1) is 27.1. The van der Waals surface area contributed by atoms with Crippen LogP contribution in [0.3, 0.4) is 0 Å². The average molecular weight is 540 g/mol. The van der Waals surface area contributed by atoms with E-state index in [1.54, 1.807) is 36.2 Å². The molecular formula is C27H34FN7O4. The fourth-order valence-electron chi connectivity index (χ4n) is 4.68. The quantitative estimate of drug-likeness (QED) is 0.395. The number of carbonyl (C=O) groups is 1. The number of benzene rings is 1. The fourth-order valence-corrected chi connectivity index (χ4v) is 4.68. The van der Waals surface area contributed by atoms with Crippen LogP contribution >= 0.6 is 0 Å². The highest BCUT2D eigenvalue weighted by atomic mass is 19.1. The molecule has 2 saturated heterocycles. The molecule has 2 aliphatic rings. The van der Waals surface area contributed by atoms with Gasteiger partial charge in [0.05, 0.1) is 41.8 Å². The largest absolute Gasteiger partial charge is 0.391 e. The van der Waals surface area contributed by atoms with Crippen LogP contribution in [-0.4, -0.2) is 100 Å². The van der Waals surface area contributed by atoms with Gasteiger partial charge in [-0.2, -0.15) is 0 Å². The van der Waals surface area contributed by atoms with Crippen molar-refractivity contribution in [1.29, 1.82) is 0 Å². The van der Waals surface area contributed by atoms with E-state index in [-0.39, 0.29) is 24.9 Å². The zero-order chi connectivity index (χ0) is 27.6. The third-order valence-electron chi connectivity index (χ3n) is 6.89. The minimum atomic E-state index is -0.866. The lowest BCUT2D eigenvalue weighted by Gasteiger charge is -2.37. The van der Waals surface area contributed by atoms with Crippen LogP contribution in [0.15, 0.2) is 36.5 Å². The van der Waals surface area contributed by atoms with Gasteiger partial charge >= 0.3 is 0 Å². The van der Waals surface area contributed by atoms with E-state index in [1.165, 1.54) is 12.1 Å². The third kappa shape index (κ3) is 6.09. The van der Waals surface area contributed by atoms with Crippen molar-refractivity contribution < 1.29 is 23.8 Å². The third-order valence-corrected chi connectivity index (χ3v) is 6.89. The van der Waals surface area contributed by atoms with Crippen LogP contribution in [-0.2, 0) is 14.3 Å². The molecule has 0 saturated carbocycles. The number of aromatic amines is 1. The van der Waals surface area contributed by atoms with Crippen molar-refractivity contribution in [2.75, 3.05) is 58.8 Å². The Morgan fingerprint density at radius 2 is 1.97 bits per heavy atom. The number of halogens is 1. The van der Waals surface area contributed by atoms with E-state index in [1.807, 2.05) is 14.1 Å². The highest BCUT2D eigenvalue weighted by molar-refractivity contribution is 5.83. The van der Waals surface area contributed by atoms with Gasteiger partial charge in [0.15, 0.2) is 5.82 Å². The van der Waals surface area contributed by atoms with E-state index in [4.69, 9.17) is 14.5 Å². The van der Waals surface area contributed by atoms with E-state index >= 15 is 0 Å². The number of aromatic nitrogens is 4. The summed E-state index contributed by atoms with van der Waals surface area (Å²) in [5, 5.41) is 13.0. The van der Waals surface area contributed by atoms with Gasteiger partial charge in [0, 0.05) is 37.9 Å². The summed E-state index contributed by atoms with van der Waals surface area (Å²) in [5.41, 5.74) is 1.59. The summed E-state index contributed by atoms with van der Waals surface area (Å²) in [4.78, 5) is 33.8. The molecule has 2 aromatic heterocycles. The Kier molecular flexibility index (Phi) is 7.89. The first-order valence-corrected chi connectivity index (χ1v) is 13.0. The standard InChI is InChI=1S/C27H34FN7O4/c1-27(25(37)35-12-9-19(36)14-35)15-38-24(39-16-27)23-32-21(17-4-6-18(28)7-5-17)22(33-23)20-8-10-29-26(31-20)30-11-13-34(2)3/h4-8,10,19,24,36H,9,11-16H2,1-3H3,(H,32,33)(H,29,30,31). The predicted octanol–water partition coefficient (Wildman–Crippen LogP) is 2.29. The number of imidazole rings is 1. The maximum Gasteiger partial charge on any atom is 0.233 e. The second-order valence-electron chi connectivity index (χ2n) is 10.6. The Labute approximate surface area is 226 Å². The molecule has 0 spiro atoms. The number of carbonyl (C=O) groups excluding carboxylic acids is 1. The topological polar surface area (TPSA) is 129 Å². The average Bonchev–Trinajstić information content (AvgIpc) is 3.56. The van der Waals surface area contributed by atoms with E-state index in [9.17, 15) is 14.3 Å². The summed E-state index contributed by atoms with van der Waals surface area (Å²) >= 11 is 0. The molecule has 3 aromatic rings.